The Morgan fingerprint density at radius 1 is 0.895 bits per heavy atom. The molecule has 0 aromatic carbocycles. The van der Waals surface area contributed by atoms with Gasteiger partial charge in [0.15, 0.2) is 0 Å². The smallest absolute Gasteiger partial charge is 0.407 e. The van der Waals surface area contributed by atoms with Gasteiger partial charge in [-0.05, 0) is 41.0 Å². The average Bonchev–Trinajstić information content (AvgIpc) is 2.21. The summed E-state index contributed by atoms with van der Waals surface area (Å²) < 4.78 is 10.2. The molecule has 0 heterocycles. The molecule has 0 aromatic rings. The average molecular weight is 274 g/mol. The van der Waals surface area contributed by atoms with Crippen molar-refractivity contribution in [3.05, 3.63) is 0 Å². The van der Waals surface area contributed by atoms with Gasteiger partial charge >= 0.3 is 12.2 Å². The lowest BCUT2D eigenvalue weighted by Gasteiger charge is -2.23. The number of carbonyl (C=O) groups is 2. The Kier molecular flexibility index (Phi) is 6.65. The summed E-state index contributed by atoms with van der Waals surface area (Å²) in [6, 6.07) is 0. The lowest BCUT2D eigenvalue weighted by atomic mass is 10.1. The normalized spacial score (nSPS) is 11.7. The quantitative estimate of drug-likeness (QED) is 0.755. The lowest BCUT2D eigenvalue weighted by molar-refractivity contribution is 0.0357. The SMILES string of the molecule is CCC(C)(C)OC(=O)NCCNC(=O)OC(C)(C)C. The minimum Gasteiger partial charge on any atom is -0.444 e. The fourth-order valence-corrected chi connectivity index (χ4v) is 1.00. The van der Waals surface area contributed by atoms with E-state index in [2.05, 4.69) is 10.6 Å². The maximum Gasteiger partial charge on any atom is 0.407 e. The molecule has 0 saturated heterocycles. The fraction of sp³-hybridized carbons (Fsp3) is 0.846. The van der Waals surface area contributed by atoms with Gasteiger partial charge in [0.2, 0.25) is 0 Å². The highest BCUT2D eigenvalue weighted by Crippen LogP contribution is 2.13. The van der Waals surface area contributed by atoms with Crippen LogP contribution >= 0.6 is 0 Å². The van der Waals surface area contributed by atoms with Crippen LogP contribution in [0.3, 0.4) is 0 Å². The molecule has 0 radical (unpaired) electrons. The van der Waals surface area contributed by atoms with Crippen molar-refractivity contribution in [2.75, 3.05) is 13.1 Å². The van der Waals surface area contributed by atoms with E-state index >= 15 is 0 Å². The molecule has 2 amide bonds. The predicted octanol–water partition coefficient (Wildman–Crippen LogP) is 2.43. The fourth-order valence-electron chi connectivity index (χ4n) is 1.00. The monoisotopic (exact) mass is 274 g/mol. The van der Waals surface area contributed by atoms with Gasteiger partial charge in [-0.3, -0.25) is 0 Å². The number of amides is 2. The Hall–Kier alpha value is -1.46. The third-order valence-corrected chi connectivity index (χ3v) is 2.28. The zero-order valence-corrected chi connectivity index (χ0v) is 12.8. The second-order valence-corrected chi connectivity index (χ2v) is 5.86. The van der Waals surface area contributed by atoms with Crippen LogP contribution in [0.1, 0.15) is 48.0 Å². The number of carbonyl (C=O) groups excluding carboxylic acids is 2. The third-order valence-electron chi connectivity index (χ3n) is 2.28. The molecule has 0 spiro atoms. The van der Waals surface area contributed by atoms with Crippen LogP contribution in [0.4, 0.5) is 9.59 Å². The van der Waals surface area contributed by atoms with E-state index in [1.807, 2.05) is 20.8 Å². The minimum absolute atomic E-state index is 0.288. The van der Waals surface area contributed by atoms with E-state index in [1.165, 1.54) is 0 Å². The summed E-state index contributed by atoms with van der Waals surface area (Å²) in [4.78, 5) is 22.7. The first-order valence-corrected chi connectivity index (χ1v) is 6.49. The van der Waals surface area contributed by atoms with E-state index in [0.29, 0.717) is 0 Å². The van der Waals surface area contributed by atoms with Gasteiger partial charge in [-0.2, -0.15) is 0 Å². The zero-order valence-electron chi connectivity index (χ0n) is 12.8. The van der Waals surface area contributed by atoms with E-state index in [0.717, 1.165) is 6.42 Å². The molecule has 0 fully saturated rings. The number of ether oxygens (including phenoxy) is 2. The van der Waals surface area contributed by atoms with Crippen molar-refractivity contribution in [1.82, 2.24) is 10.6 Å². The molecule has 6 nitrogen and oxygen atoms in total. The molecule has 0 saturated carbocycles. The maximum atomic E-state index is 11.4. The summed E-state index contributed by atoms with van der Waals surface area (Å²) in [7, 11) is 0. The second kappa shape index (κ2) is 7.21. The number of hydrogen-bond acceptors (Lipinski definition) is 4. The maximum absolute atomic E-state index is 11.4. The predicted molar refractivity (Wildman–Crippen MR) is 73.1 cm³/mol. The van der Waals surface area contributed by atoms with Gasteiger partial charge < -0.3 is 20.1 Å². The molecular formula is C13H26N2O4. The Bertz CT molecular complexity index is 308. The number of rotatable bonds is 5. The summed E-state index contributed by atoms with van der Waals surface area (Å²) in [5.74, 6) is 0. The van der Waals surface area contributed by atoms with Crippen LogP contribution in [-0.4, -0.2) is 36.5 Å². The van der Waals surface area contributed by atoms with Crippen molar-refractivity contribution in [2.24, 2.45) is 0 Å². The highest BCUT2D eigenvalue weighted by atomic mass is 16.6. The molecule has 19 heavy (non-hydrogen) atoms. The van der Waals surface area contributed by atoms with Gasteiger partial charge in [-0.1, -0.05) is 6.92 Å². The summed E-state index contributed by atoms with van der Waals surface area (Å²) in [6.07, 6.45) is -0.259. The molecule has 0 unspecified atom stereocenters. The van der Waals surface area contributed by atoms with Crippen molar-refractivity contribution in [2.45, 2.75) is 59.2 Å². The van der Waals surface area contributed by atoms with Gasteiger partial charge in [0.1, 0.15) is 11.2 Å². The van der Waals surface area contributed by atoms with Crippen LogP contribution < -0.4 is 10.6 Å². The first-order chi connectivity index (χ1) is 8.56. The van der Waals surface area contributed by atoms with E-state index < -0.39 is 23.4 Å². The highest BCUT2D eigenvalue weighted by molar-refractivity contribution is 5.69. The Morgan fingerprint density at radius 2 is 1.32 bits per heavy atom. The van der Waals surface area contributed by atoms with Crippen LogP contribution in [0.5, 0.6) is 0 Å². The summed E-state index contributed by atoms with van der Waals surface area (Å²) >= 11 is 0. The molecule has 0 rings (SSSR count). The standard InChI is InChI=1S/C13H26N2O4/c1-7-13(5,6)19-11(17)15-9-8-14-10(16)18-12(2,3)4/h7-9H2,1-6H3,(H,14,16)(H,15,17). The molecule has 6 heteroatoms. The van der Waals surface area contributed by atoms with Crippen molar-refractivity contribution < 1.29 is 19.1 Å². The van der Waals surface area contributed by atoms with Crippen molar-refractivity contribution >= 4 is 12.2 Å². The molecule has 0 atom stereocenters. The number of alkyl carbamates (subject to hydrolysis) is 2. The van der Waals surface area contributed by atoms with Crippen LogP contribution in [0, 0.1) is 0 Å². The Labute approximate surface area is 115 Å². The van der Waals surface area contributed by atoms with Gasteiger partial charge in [0, 0.05) is 13.1 Å². The number of nitrogens with one attached hydrogen (secondary N) is 2. The van der Waals surface area contributed by atoms with E-state index in [1.54, 1.807) is 20.8 Å². The molecular weight excluding hydrogens is 248 g/mol. The molecule has 2 N–H and O–H groups in total. The van der Waals surface area contributed by atoms with Gasteiger partial charge in [0.25, 0.3) is 0 Å². The third kappa shape index (κ3) is 10.2. The summed E-state index contributed by atoms with van der Waals surface area (Å²) in [5.41, 5.74) is -1.01. The van der Waals surface area contributed by atoms with Crippen LogP contribution in [0.25, 0.3) is 0 Å². The molecule has 0 bridgehead atoms. The van der Waals surface area contributed by atoms with Crippen molar-refractivity contribution in [3.8, 4) is 0 Å². The molecule has 0 aliphatic heterocycles. The van der Waals surface area contributed by atoms with E-state index in [9.17, 15) is 9.59 Å². The first kappa shape index (κ1) is 17.5. The summed E-state index contributed by atoms with van der Waals surface area (Å²) in [5, 5.41) is 5.10. The van der Waals surface area contributed by atoms with E-state index in [-0.39, 0.29) is 13.1 Å². The molecule has 0 aliphatic rings. The Balaban J connectivity index is 3.76. The molecule has 112 valence electrons. The minimum atomic E-state index is -0.526. The molecule has 0 aromatic heterocycles. The number of hydrogen-bond donors (Lipinski definition) is 2. The van der Waals surface area contributed by atoms with Gasteiger partial charge in [0.05, 0.1) is 0 Å². The van der Waals surface area contributed by atoms with Crippen LogP contribution in [-0.2, 0) is 9.47 Å². The van der Waals surface area contributed by atoms with Crippen LogP contribution in [0.15, 0.2) is 0 Å². The Morgan fingerprint density at radius 3 is 1.68 bits per heavy atom. The van der Waals surface area contributed by atoms with Crippen LogP contribution in [0.2, 0.25) is 0 Å². The van der Waals surface area contributed by atoms with Gasteiger partial charge in [-0.15, -0.1) is 0 Å². The lowest BCUT2D eigenvalue weighted by Crippen LogP contribution is -2.40. The summed E-state index contributed by atoms with van der Waals surface area (Å²) in [6.45, 7) is 11.6. The highest BCUT2D eigenvalue weighted by Gasteiger charge is 2.20. The first-order valence-electron chi connectivity index (χ1n) is 6.49. The largest absolute Gasteiger partial charge is 0.444 e. The van der Waals surface area contributed by atoms with Gasteiger partial charge in [-0.25, -0.2) is 9.59 Å². The molecule has 0 aliphatic carbocycles. The topological polar surface area (TPSA) is 76.7 Å². The van der Waals surface area contributed by atoms with Crippen molar-refractivity contribution in [3.63, 3.8) is 0 Å². The second-order valence-electron chi connectivity index (χ2n) is 5.86. The zero-order chi connectivity index (χ0) is 15.1. The van der Waals surface area contributed by atoms with Crippen molar-refractivity contribution in [1.29, 1.82) is 0 Å². The van der Waals surface area contributed by atoms with E-state index in [4.69, 9.17) is 9.47 Å².